The summed E-state index contributed by atoms with van der Waals surface area (Å²) < 4.78 is 13.1. The summed E-state index contributed by atoms with van der Waals surface area (Å²) in [5, 5.41) is 0. The lowest BCUT2D eigenvalue weighted by Gasteiger charge is -2.35. The Morgan fingerprint density at radius 1 is 1.12 bits per heavy atom. The molecule has 2 rings (SSSR count). The molecule has 1 aromatic rings. The summed E-state index contributed by atoms with van der Waals surface area (Å²) in [6, 6.07) is 1.63. The first-order chi connectivity index (χ1) is 7.32. The van der Waals surface area contributed by atoms with Crippen LogP contribution in [0.1, 0.15) is 27.7 Å². The van der Waals surface area contributed by atoms with E-state index in [1.54, 1.807) is 6.07 Å². The van der Waals surface area contributed by atoms with Crippen LogP contribution in [0, 0.1) is 16.6 Å². The predicted molar refractivity (Wildman–Crippen MR) is 66.8 cm³/mol. The van der Waals surface area contributed by atoms with E-state index in [0.717, 1.165) is 18.1 Å². The van der Waals surface area contributed by atoms with Crippen LogP contribution in [0.15, 0.2) is 18.5 Å². The second-order valence-electron chi connectivity index (χ2n) is 6.31. The molecule has 0 bridgehead atoms. The quantitative estimate of drug-likeness (QED) is 0.661. The number of pyridine rings is 1. The van der Waals surface area contributed by atoms with E-state index in [-0.39, 0.29) is 5.82 Å². The molecule has 1 aromatic heterocycles. The Kier molecular flexibility index (Phi) is 2.60. The van der Waals surface area contributed by atoms with Gasteiger partial charge >= 0.3 is 0 Å². The molecule has 0 atom stereocenters. The minimum atomic E-state index is -0.222. The van der Waals surface area contributed by atoms with E-state index in [4.69, 9.17) is 0 Å². The molecule has 0 spiro atoms. The molecular weight excluding hydrogens is 200 g/mol. The molecule has 2 heterocycles. The third-order valence-corrected chi connectivity index (χ3v) is 4.54. The topological polar surface area (TPSA) is 12.9 Å². The summed E-state index contributed by atoms with van der Waals surface area (Å²) in [5.41, 5.74) is 1.67. The Morgan fingerprint density at radius 3 is 2.19 bits per heavy atom. The van der Waals surface area contributed by atoms with Crippen LogP contribution in [-0.2, 0) is 0 Å². The number of hydrogen-bond donors (Lipinski definition) is 0. The smallest absolute Gasteiger partial charge is 0.179 e. The van der Waals surface area contributed by atoms with Crippen molar-refractivity contribution < 1.29 is 4.39 Å². The van der Waals surface area contributed by atoms with Crippen LogP contribution in [0.4, 0.5) is 4.39 Å². The van der Waals surface area contributed by atoms with E-state index in [9.17, 15) is 4.39 Å². The van der Waals surface area contributed by atoms with Gasteiger partial charge in [-0.2, -0.15) is 0 Å². The summed E-state index contributed by atoms with van der Waals surface area (Å²) >= 11 is 0. The zero-order valence-electron chi connectivity index (χ0n) is 10.5. The molecular formula is C13H19BFN. The number of aromatic nitrogens is 1. The molecule has 0 aliphatic carbocycles. The molecule has 1 aliphatic heterocycles. The van der Waals surface area contributed by atoms with Gasteiger partial charge in [0.15, 0.2) is 6.71 Å². The highest BCUT2D eigenvalue weighted by atomic mass is 19.1. The lowest BCUT2D eigenvalue weighted by atomic mass is 9.42. The lowest BCUT2D eigenvalue weighted by molar-refractivity contribution is 0.177. The molecule has 1 saturated heterocycles. The van der Waals surface area contributed by atoms with Gasteiger partial charge in [0.05, 0.1) is 6.20 Å². The Balaban J connectivity index is 2.27. The normalized spacial score (nSPS) is 22.4. The molecule has 16 heavy (non-hydrogen) atoms. The van der Waals surface area contributed by atoms with Crippen LogP contribution in [0.3, 0.4) is 0 Å². The van der Waals surface area contributed by atoms with E-state index in [0.29, 0.717) is 17.5 Å². The molecule has 0 N–H and O–H groups in total. The van der Waals surface area contributed by atoms with Crippen LogP contribution < -0.4 is 5.46 Å². The fourth-order valence-electron chi connectivity index (χ4n) is 2.74. The summed E-state index contributed by atoms with van der Waals surface area (Å²) in [6.45, 7) is 9.67. The minimum absolute atomic E-state index is 0.222. The Morgan fingerprint density at radius 2 is 1.69 bits per heavy atom. The average molecular weight is 219 g/mol. The maximum Gasteiger partial charge on any atom is 0.179 e. The SMILES string of the molecule is CC1(C)CB(c2cncc(F)c2)CC1(C)C. The van der Waals surface area contributed by atoms with Gasteiger partial charge in [-0.15, -0.1) is 0 Å². The van der Waals surface area contributed by atoms with Gasteiger partial charge in [0, 0.05) is 6.20 Å². The van der Waals surface area contributed by atoms with Gasteiger partial charge in [-0.05, 0) is 16.9 Å². The van der Waals surface area contributed by atoms with Gasteiger partial charge in [-0.25, -0.2) is 4.39 Å². The molecule has 0 saturated carbocycles. The molecule has 1 nitrogen and oxygen atoms in total. The molecule has 86 valence electrons. The van der Waals surface area contributed by atoms with Crippen molar-refractivity contribution in [2.45, 2.75) is 40.3 Å². The van der Waals surface area contributed by atoms with E-state index >= 15 is 0 Å². The van der Waals surface area contributed by atoms with Crippen LogP contribution in [0.25, 0.3) is 0 Å². The molecule has 0 amide bonds. The van der Waals surface area contributed by atoms with Crippen molar-refractivity contribution >= 4 is 12.2 Å². The minimum Gasteiger partial charge on any atom is -0.262 e. The van der Waals surface area contributed by atoms with Crippen molar-refractivity contribution in [3.8, 4) is 0 Å². The Labute approximate surface area is 97.6 Å². The van der Waals surface area contributed by atoms with Gasteiger partial charge in [-0.3, -0.25) is 4.98 Å². The van der Waals surface area contributed by atoms with Crippen LogP contribution >= 0.6 is 0 Å². The highest BCUT2D eigenvalue weighted by Crippen LogP contribution is 2.52. The van der Waals surface area contributed by atoms with Crippen molar-refractivity contribution in [1.29, 1.82) is 0 Å². The molecule has 1 aliphatic rings. The second-order valence-corrected chi connectivity index (χ2v) is 6.31. The Bertz CT molecular complexity index is 385. The van der Waals surface area contributed by atoms with Gasteiger partial charge in [0.2, 0.25) is 0 Å². The highest BCUT2D eigenvalue weighted by Gasteiger charge is 2.48. The number of hydrogen-bond acceptors (Lipinski definition) is 1. The first kappa shape index (κ1) is 11.6. The molecule has 1 fully saturated rings. The van der Waals surface area contributed by atoms with Gasteiger partial charge in [0.25, 0.3) is 0 Å². The summed E-state index contributed by atoms with van der Waals surface area (Å²) in [5.74, 6) is -0.222. The second kappa shape index (κ2) is 3.58. The van der Waals surface area contributed by atoms with Crippen molar-refractivity contribution in [1.82, 2.24) is 4.98 Å². The first-order valence-electron chi connectivity index (χ1n) is 5.92. The van der Waals surface area contributed by atoms with E-state index in [1.807, 2.05) is 6.20 Å². The molecule has 0 aromatic carbocycles. The highest BCUT2D eigenvalue weighted by molar-refractivity contribution is 6.74. The van der Waals surface area contributed by atoms with E-state index in [1.165, 1.54) is 6.20 Å². The van der Waals surface area contributed by atoms with Crippen LogP contribution in [-0.4, -0.2) is 11.7 Å². The fourth-order valence-corrected chi connectivity index (χ4v) is 2.74. The summed E-state index contributed by atoms with van der Waals surface area (Å²) in [4.78, 5) is 3.95. The van der Waals surface area contributed by atoms with Gasteiger partial charge in [-0.1, -0.05) is 45.8 Å². The lowest BCUT2D eigenvalue weighted by Crippen LogP contribution is -2.28. The third-order valence-electron chi connectivity index (χ3n) is 4.54. The summed E-state index contributed by atoms with van der Waals surface area (Å²) in [7, 11) is 0. The van der Waals surface area contributed by atoms with Crippen molar-refractivity contribution in [3.63, 3.8) is 0 Å². The van der Waals surface area contributed by atoms with Gasteiger partial charge < -0.3 is 0 Å². The molecule has 0 radical (unpaired) electrons. The van der Waals surface area contributed by atoms with Crippen molar-refractivity contribution in [3.05, 3.63) is 24.3 Å². The Hall–Kier alpha value is -0.855. The van der Waals surface area contributed by atoms with Crippen LogP contribution in [0.5, 0.6) is 0 Å². The standard InChI is InChI=1S/C13H19BFN/c1-12(2)8-14(9-13(12,3)4)10-5-11(15)7-16-6-10/h5-7H,8-9H2,1-4H3. The van der Waals surface area contributed by atoms with E-state index < -0.39 is 0 Å². The summed E-state index contributed by atoms with van der Waals surface area (Å²) in [6.07, 6.45) is 5.32. The maximum atomic E-state index is 13.1. The molecule has 0 unspecified atom stereocenters. The van der Waals surface area contributed by atoms with E-state index in [2.05, 4.69) is 32.7 Å². The zero-order valence-corrected chi connectivity index (χ0v) is 10.5. The number of halogens is 1. The maximum absolute atomic E-state index is 13.1. The van der Waals surface area contributed by atoms with Gasteiger partial charge in [0.1, 0.15) is 5.82 Å². The molecule has 3 heteroatoms. The van der Waals surface area contributed by atoms with Crippen molar-refractivity contribution in [2.75, 3.05) is 0 Å². The largest absolute Gasteiger partial charge is 0.262 e. The van der Waals surface area contributed by atoms with Crippen molar-refractivity contribution in [2.24, 2.45) is 10.8 Å². The number of rotatable bonds is 1. The first-order valence-corrected chi connectivity index (χ1v) is 5.92. The average Bonchev–Trinajstić information content (AvgIpc) is 2.36. The fraction of sp³-hybridized carbons (Fsp3) is 0.615. The third kappa shape index (κ3) is 1.88. The monoisotopic (exact) mass is 219 g/mol. The number of nitrogens with zero attached hydrogens (tertiary/aromatic N) is 1. The zero-order chi connectivity index (χ0) is 12.0. The predicted octanol–water partition coefficient (Wildman–Crippen LogP) is 2.99. The van der Waals surface area contributed by atoms with Crippen LogP contribution in [0.2, 0.25) is 12.6 Å².